The van der Waals surface area contributed by atoms with Gasteiger partial charge in [0.2, 0.25) is 0 Å². The Morgan fingerprint density at radius 3 is 2.44 bits per heavy atom. The Hall–Kier alpha value is -3.38. The van der Waals surface area contributed by atoms with Crippen LogP contribution >= 0.6 is 0 Å². The molecule has 0 saturated carbocycles. The summed E-state index contributed by atoms with van der Waals surface area (Å²) in [6.45, 7) is 3.97. The SMILES string of the molecule is CCCCOc1ccc(C2C(C(=O)/C=C/c3ccccc3)=C(O)C(=O)N2CCCN(C)C)cc1. The van der Waals surface area contributed by atoms with Gasteiger partial charge in [0.15, 0.2) is 11.5 Å². The monoisotopic (exact) mass is 462 g/mol. The molecule has 3 rings (SSSR count). The number of aliphatic hydroxyl groups excluding tert-OH is 1. The maximum absolute atomic E-state index is 13.2. The van der Waals surface area contributed by atoms with Gasteiger partial charge in [0.1, 0.15) is 5.75 Å². The minimum Gasteiger partial charge on any atom is -0.503 e. The van der Waals surface area contributed by atoms with Crippen molar-refractivity contribution in [2.75, 3.05) is 33.8 Å². The molecule has 0 spiro atoms. The summed E-state index contributed by atoms with van der Waals surface area (Å²) in [6.07, 6.45) is 5.87. The number of ether oxygens (including phenoxy) is 1. The van der Waals surface area contributed by atoms with Crippen molar-refractivity contribution in [3.8, 4) is 5.75 Å². The van der Waals surface area contributed by atoms with Gasteiger partial charge in [-0.25, -0.2) is 0 Å². The van der Waals surface area contributed by atoms with Crippen molar-refractivity contribution in [3.63, 3.8) is 0 Å². The van der Waals surface area contributed by atoms with Gasteiger partial charge in [0, 0.05) is 6.54 Å². The summed E-state index contributed by atoms with van der Waals surface area (Å²) in [5.74, 6) is -0.617. The Labute approximate surface area is 202 Å². The van der Waals surface area contributed by atoms with E-state index in [1.807, 2.05) is 73.6 Å². The van der Waals surface area contributed by atoms with E-state index < -0.39 is 17.7 Å². The number of benzene rings is 2. The van der Waals surface area contributed by atoms with Crippen LogP contribution in [0.15, 0.2) is 72.0 Å². The van der Waals surface area contributed by atoms with Gasteiger partial charge in [-0.15, -0.1) is 0 Å². The van der Waals surface area contributed by atoms with Gasteiger partial charge in [0.25, 0.3) is 5.91 Å². The van der Waals surface area contributed by atoms with E-state index in [1.54, 1.807) is 11.0 Å². The van der Waals surface area contributed by atoms with Crippen LogP contribution in [0.25, 0.3) is 6.08 Å². The predicted molar refractivity (Wildman–Crippen MR) is 135 cm³/mol. The average Bonchev–Trinajstić information content (AvgIpc) is 3.09. The number of ketones is 1. The van der Waals surface area contributed by atoms with Gasteiger partial charge in [-0.05, 0) is 62.8 Å². The largest absolute Gasteiger partial charge is 0.503 e. The zero-order valence-corrected chi connectivity index (χ0v) is 20.2. The minimum absolute atomic E-state index is 0.113. The molecule has 1 aliphatic rings. The molecule has 0 aliphatic carbocycles. The lowest BCUT2D eigenvalue weighted by Crippen LogP contribution is -2.33. The predicted octanol–water partition coefficient (Wildman–Crippen LogP) is 4.80. The number of hydrogen-bond donors (Lipinski definition) is 1. The molecule has 0 fully saturated rings. The van der Waals surface area contributed by atoms with Gasteiger partial charge >= 0.3 is 0 Å². The van der Waals surface area contributed by atoms with E-state index in [9.17, 15) is 14.7 Å². The van der Waals surface area contributed by atoms with E-state index in [4.69, 9.17) is 4.74 Å². The molecule has 1 unspecified atom stereocenters. The number of aliphatic hydroxyl groups is 1. The summed E-state index contributed by atoms with van der Waals surface area (Å²) in [4.78, 5) is 29.8. The van der Waals surface area contributed by atoms with Crippen molar-refractivity contribution in [2.24, 2.45) is 0 Å². The Balaban J connectivity index is 1.89. The Bertz CT molecular complexity index is 1030. The lowest BCUT2D eigenvalue weighted by molar-refractivity contribution is -0.129. The molecule has 0 saturated heterocycles. The number of hydrogen-bond acceptors (Lipinski definition) is 5. The first-order valence-corrected chi connectivity index (χ1v) is 11.8. The molecular weight excluding hydrogens is 428 g/mol. The zero-order valence-electron chi connectivity index (χ0n) is 20.2. The molecule has 1 atom stereocenters. The Kier molecular flexibility index (Phi) is 9.05. The molecule has 2 aromatic rings. The van der Waals surface area contributed by atoms with Crippen LogP contribution in [0.3, 0.4) is 0 Å². The highest BCUT2D eigenvalue weighted by atomic mass is 16.5. The van der Waals surface area contributed by atoms with Gasteiger partial charge in [-0.2, -0.15) is 0 Å². The maximum atomic E-state index is 13.2. The van der Waals surface area contributed by atoms with Crippen LogP contribution in [-0.2, 0) is 9.59 Å². The summed E-state index contributed by atoms with van der Waals surface area (Å²) >= 11 is 0. The molecule has 0 radical (unpaired) electrons. The first kappa shape index (κ1) is 25.2. The third kappa shape index (κ3) is 6.35. The number of amides is 1. The van der Waals surface area contributed by atoms with Gasteiger partial charge in [-0.1, -0.05) is 61.9 Å². The summed E-state index contributed by atoms with van der Waals surface area (Å²) < 4.78 is 5.76. The normalized spacial score (nSPS) is 16.2. The Morgan fingerprint density at radius 1 is 1.09 bits per heavy atom. The fraction of sp³-hybridized carbons (Fsp3) is 0.357. The van der Waals surface area contributed by atoms with Crippen molar-refractivity contribution in [3.05, 3.63) is 83.1 Å². The molecule has 1 amide bonds. The number of carbonyl (C=O) groups is 2. The molecule has 6 heteroatoms. The number of carbonyl (C=O) groups excluding carboxylic acids is 2. The second-order valence-corrected chi connectivity index (χ2v) is 8.70. The first-order chi connectivity index (χ1) is 16.4. The van der Waals surface area contributed by atoms with Crippen LogP contribution in [0.2, 0.25) is 0 Å². The summed E-state index contributed by atoms with van der Waals surface area (Å²) in [5.41, 5.74) is 1.75. The van der Waals surface area contributed by atoms with Gasteiger partial charge in [0.05, 0.1) is 18.2 Å². The number of nitrogens with zero attached hydrogens (tertiary/aromatic N) is 2. The van der Waals surface area contributed by atoms with E-state index in [-0.39, 0.29) is 11.4 Å². The smallest absolute Gasteiger partial charge is 0.290 e. The molecule has 1 heterocycles. The van der Waals surface area contributed by atoms with Crippen molar-refractivity contribution >= 4 is 17.8 Å². The Morgan fingerprint density at radius 2 is 1.79 bits per heavy atom. The molecule has 2 aromatic carbocycles. The van der Waals surface area contributed by atoms with Crippen molar-refractivity contribution in [1.29, 1.82) is 0 Å². The van der Waals surface area contributed by atoms with E-state index in [1.165, 1.54) is 6.08 Å². The lowest BCUT2D eigenvalue weighted by Gasteiger charge is -2.27. The molecule has 6 nitrogen and oxygen atoms in total. The van der Waals surface area contributed by atoms with Crippen LogP contribution in [0.4, 0.5) is 0 Å². The molecule has 0 bridgehead atoms. The maximum Gasteiger partial charge on any atom is 0.290 e. The van der Waals surface area contributed by atoms with E-state index in [2.05, 4.69) is 6.92 Å². The van der Waals surface area contributed by atoms with Crippen LogP contribution in [0.5, 0.6) is 5.75 Å². The molecule has 1 aliphatic heterocycles. The third-order valence-electron chi connectivity index (χ3n) is 5.76. The second-order valence-electron chi connectivity index (χ2n) is 8.70. The van der Waals surface area contributed by atoms with E-state index in [0.29, 0.717) is 13.2 Å². The zero-order chi connectivity index (χ0) is 24.5. The highest BCUT2D eigenvalue weighted by Crippen LogP contribution is 2.38. The topological polar surface area (TPSA) is 70.1 Å². The summed E-state index contributed by atoms with van der Waals surface area (Å²) in [6, 6.07) is 16.2. The fourth-order valence-corrected chi connectivity index (χ4v) is 3.95. The number of rotatable bonds is 12. The summed E-state index contributed by atoms with van der Waals surface area (Å²) in [5, 5.41) is 10.7. The van der Waals surface area contributed by atoms with Crippen molar-refractivity contribution < 1.29 is 19.4 Å². The minimum atomic E-state index is -0.646. The first-order valence-electron chi connectivity index (χ1n) is 11.8. The van der Waals surface area contributed by atoms with Crippen molar-refractivity contribution in [2.45, 2.75) is 32.2 Å². The highest BCUT2D eigenvalue weighted by molar-refractivity contribution is 6.14. The molecule has 34 heavy (non-hydrogen) atoms. The van der Waals surface area contributed by atoms with Crippen LogP contribution in [0.1, 0.15) is 43.4 Å². The van der Waals surface area contributed by atoms with E-state index in [0.717, 1.165) is 42.7 Å². The molecule has 0 aromatic heterocycles. The second kappa shape index (κ2) is 12.2. The van der Waals surface area contributed by atoms with Crippen LogP contribution < -0.4 is 4.74 Å². The van der Waals surface area contributed by atoms with Crippen LogP contribution in [0, 0.1) is 0 Å². The fourth-order valence-electron chi connectivity index (χ4n) is 3.95. The summed E-state index contributed by atoms with van der Waals surface area (Å²) in [7, 11) is 3.94. The number of allylic oxidation sites excluding steroid dienone is 1. The van der Waals surface area contributed by atoms with E-state index >= 15 is 0 Å². The van der Waals surface area contributed by atoms with Crippen LogP contribution in [-0.4, -0.2) is 60.4 Å². The average molecular weight is 463 g/mol. The molecule has 1 N–H and O–H groups in total. The quantitative estimate of drug-likeness (QED) is 0.363. The number of unbranched alkanes of at least 4 members (excludes halogenated alkanes) is 1. The van der Waals surface area contributed by atoms with Gasteiger partial charge in [-0.3, -0.25) is 9.59 Å². The molecular formula is C28H34N2O4. The third-order valence-corrected chi connectivity index (χ3v) is 5.76. The standard InChI is InChI=1S/C28H34N2O4/c1-4-5-20-34-23-15-13-22(14-16-23)26-25(24(31)17-12-21-10-7-6-8-11-21)27(32)28(33)30(26)19-9-18-29(2)3/h6-8,10-17,26,32H,4-5,9,18-20H2,1-3H3/b17-12+. The molecule has 180 valence electrons. The highest BCUT2D eigenvalue weighted by Gasteiger charge is 2.42. The lowest BCUT2D eigenvalue weighted by atomic mass is 9.95. The van der Waals surface area contributed by atoms with Gasteiger partial charge < -0.3 is 19.6 Å². The van der Waals surface area contributed by atoms with Crippen molar-refractivity contribution in [1.82, 2.24) is 9.80 Å².